The number of piperidine rings is 1. The maximum Gasteiger partial charge on any atom is 0.274 e. The number of benzene rings is 1. The molecule has 3 heterocycles. The van der Waals surface area contributed by atoms with Gasteiger partial charge in [-0.15, -0.1) is 10.2 Å². The lowest BCUT2D eigenvalue weighted by molar-refractivity contribution is -0.385. The Labute approximate surface area is 201 Å². The van der Waals surface area contributed by atoms with E-state index in [0.29, 0.717) is 34.8 Å². The fraction of sp³-hybridized carbons (Fsp3) is 0.435. The lowest BCUT2D eigenvalue weighted by atomic mass is 9.92. The number of aromatic nitrogens is 3. The molecule has 2 unspecified atom stereocenters. The molecule has 0 aliphatic carbocycles. The van der Waals surface area contributed by atoms with Crippen LogP contribution in [0.2, 0.25) is 0 Å². The number of hydrogen-bond acceptors (Lipinski definition) is 8. The fourth-order valence-electron chi connectivity index (χ4n) is 4.36. The van der Waals surface area contributed by atoms with Gasteiger partial charge in [-0.25, -0.2) is 0 Å². The van der Waals surface area contributed by atoms with Gasteiger partial charge in [-0.3, -0.25) is 19.5 Å². The van der Waals surface area contributed by atoms with Crippen molar-refractivity contribution < 1.29 is 14.1 Å². The van der Waals surface area contributed by atoms with Crippen molar-refractivity contribution in [3.8, 4) is 0 Å². The van der Waals surface area contributed by atoms with Gasteiger partial charge in [-0.1, -0.05) is 31.7 Å². The summed E-state index contributed by atoms with van der Waals surface area (Å²) in [6.07, 6.45) is 2.81. The van der Waals surface area contributed by atoms with Crippen LogP contribution >= 0.6 is 11.8 Å². The number of amides is 1. The molecule has 1 N–H and O–H groups in total. The van der Waals surface area contributed by atoms with Crippen LogP contribution in [0.5, 0.6) is 0 Å². The normalized spacial score (nSPS) is 18.1. The molecule has 11 heteroatoms. The van der Waals surface area contributed by atoms with E-state index < -0.39 is 4.92 Å². The number of aryl methyl sites for hydroxylation is 1. The fourth-order valence-corrected chi connectivity index (χ4v) is 5.09. The number of hydrogen-bond donors (Lipinski definition) is 1. The Bertz CT molecular complexity index is 1150. The zero-order valence-corrected chi connectivity index (χ0v) is 20.2. The maximum atomic E-state index is 12.6. The summed E-state index contributed by atoms with van der Waals surface area (Å²) >= 11 is 1.27. The standard InChI is InChI=1S/C23H28N6O4S/c1-15-9-16(2)12-27(11-15)22-25-26-23(28(22)13-19-5-4-8-33-19)34-14-21(30)24-18-7-6-17(3)20(10-18)29(31)32/h4-8,10,15-16H,9,11-14H2,1-3H3,(H,24,30). The highest BCUT2D eigenvalue weighted by molar-refractivity contribution is 7.99. The molecule has 34 heavy (non-hydrogen) atoms. The van der Waals surface area contributed by atoms with Crippen molar-refractivity contribution in [1.82, 2.24) is 14.8 Å². The molecule has 0 bridgehead atoms. The van der Waals surface area contributed by atoms with Crippen LogP contribution in [-0.4, -0.2) is 44.4 Å². The van der Waals surface area contributed by atoms with Crippen LogP contribution < -0.4 is 10.2 Å². The number of furan rings is 1. The third kappa shape index (κ3) is 5.58. The molecule has 2 atom stereocenters. The third-order valence-corrected chi connectivity index (χ3v) is 6.73. The molecule has 1 amide bonds. The minimum absolute atomic E-state index is 0.0294. The first-order valence-electron chi connectivity index (χ1n) is 11.2. The topological polar surface area (TPSA) is 119 Å². The summed E-state index contributed by atoms with van der Waals surface area (Å²) in [5.74, 6) is 2.46. The Hall–Kier alpha value is -3.34. The van der Waals surface area contributed by atoms with Crippen LogP contribution in [0, 0.1) is 28.9 Å². The summed E-state index contributed by atoms with van der Waals surface area (Å²) in [4.78, 5) is 25.6. The molecule has 180 valence electrons. The number of anilines is 2. The molecule has 2 aromatic heterocycles. The Morgan fingerprint density at radius 3 is 2.71 bits per heavy atom. The number of nitrogens with zero attached hydrogens (tertiary/aromatic N) is 5. The van der Waals surface area contributed by atoms with Crippen molar-refractivity contribution in [2.75, 3.05) is 29.1 Å². The zero-order valence-electron chi connectivity index (χ0n) is 19.4. The second-order valence-corrected chi connectivity index (χ2v) is 9.84. The first kappa shape index (κ1) is 23.8. The Morgan fingerprint density at radius 1 is 1.26 bits per heavy atom. The Kier molecular flexibility index (Phi) is 7.20. The van der Waals surface area contributed by atoms with Crippen molar-refractivity contribution in [3.05, 3.63) is 58.0 Å². The minimum atomic E-state index is -0.458. The number of nitro groups is 1. The second-order valence-electron chi connectivity index (χ2n) is 8.89. The summed E-state index contributed by atoms with van der Waals surface area (Å²) in [6, 6.07) is 8.38. The van der Waals surface area contributed by atoms with E-state index in [1.54, 1.807) is 25.3 Å². The summed E-state index contributed by atoms with van der Waals surface area (Å²) in [6.45, 7) is 8.40. The number of nitro benzene ring substituents is 1. The molecule has 1 aliphatic heterocycles. The summed E-state index contributed by atoms with van der Waals surface area (Å²) in [7, 11) is 0. The molecule has 1 aromatic carbocycles. The van der Waals surface area contributed by atoms with Gasteiger partial charge in [-0.2, -0.15) is 0 Å². The quantitative estimate of drug-likeness (QED) is 0.285. The predicted molar refractivity (Wildman–Crippen MR) is 130 cm³/mol. The molecule has 1 saturated heterocycles. The van der Waals surface area contributed by atoms with Crippen LogP contribution in [0.15, 0.2) is 46.2 Å². The molecule has 0 radical (unpaired) electrons. The van der Waals surface area contributed by atoms with Crippen molar-refractivity contribution in [2.24, 2.45) is 11.8 Å². The molecule has 4 rings (SSSR count). The average molecular weight is 485 g/mol. The number of carbonyl (C=O) groups excluding carboxylic acids is 1. The van der Waals surface area contributed by atoms with Gasteiger partial charge in [-0.05, 0) is 43.4 Å². The van der Waals surface area contributed by atoms with Crippen LogP contribution in [0.1, 0.15) is 31.6 Å². The summed E-state index contributed by atoms with van der Waals surface area (Å²) in [5.41, 5.74) is 0.896. The highest BCUT2D eigenvalue weighted by atomic mass is 32.2. The van der Waals surface area contributed by atoms with Crippen LogP contribution in [0.3, 0.4) is 0 Å². The average Bonchev–Trinajstić information content (AvgIpc) is 3.43. The smallest absolute Gasteiger partial charge is 0.274 e. The molecule has 0 spiro atoms. The zero-order chi connectivity index (χ0) is 24.2. The van der Waals surface area contributed by atoms with E-state index >= 15 is 0 Å². The van der Waals surface area contributed by atoms with E-state index in [9.17, 15) is 14.9 Å². The largest absolute Gasteiger partial charge is 0.467 e. The molecule has 3 aromatic rings. The first-order valence-corrected chi connectivity index (χ1v) is 12.2. The maximum absolute atomic E-state index is 12.6. The van der Waals surface area contributed by atoms with E-state index in [0.717, 1.165) is 24.8 Å². The lowest BCUT2D eigenvalue weighted by Gasteiger charge is -2.35. The number of rotatable bonds is 8. The van der Waals surface area contributed by atoms with Gasteiger partial charge in [0.05, 0.1) is 23.5 Å². The van der Waals surface area contributed by atoms with Gasteiger partial charge in [0.2, 0.25) is 11.9 Å². The monoisotopic (exact) mass is 484 g/mol. The van der Waals surface area contributed by atoms with Gasteiger partial charge in [0, 0.05) is 30.4 Å². The molecular formula is C23H28N6O4S. The van der Waals surface area contributed by atoms with E-state index in [-0.39, 0.29) is 17.3 Å². The number of thioether (sulfide) groups is 1. The van der Waals surface area contributed by atoms with Crippen LogP contribution in [0.25, 0.3) is 0 Å². The van der Waals surface area contributed by atoms with Gasteiger partial charge in [0.25, 0.3) is 5.69 Å². The lowest BCUT2D eigenvalue weighted by Crippen LogP contribution is -2.40. The number of carbonyl (C=O) groups is 1. The summed E-state index contributed by atoms with van der Waals surface area (Å²) < 4.78 is 7.54. The molecular weight excluding hydrogens is 456 g/mol. The van der Waals surface area contributed by atoms with Crippen LogP contribution in [0.4, 0.5) is 17.3 Å². The van der Waals surface area contributed by atoms with Crippen molar-refractivity contribution in [1.29, 1.82) is 0 Å². The van der Waals surface area contributed by atoms with Gasteiger partial charge in [0.15, 0.2) is 5.16 Å². The third-order valence-electron chi connectivity index (χ3n) is 5.77. The van der Waals surface area contributed by atoms with Gasteiger partial charge in [0.1, 0.15) is 5.76 Å². The van der Waals surface area contributed by atoms with E-state index in [1.165, 1.54) is 24.2 Å². The Morgan fingerprint density at radius 2 is 2.03 bits per heavy atom. The highest BCUT2D eigenvalue weighted by Gasteiger charge is 2.27. The SMILES string of the molecule is Cc1ccc(NC(=O)CSc2nnc(N3CC(C)CC(C)C3)n2Cc2ccco2)cc1[N+](=O)[O-]. The van der Waals surface area contributed by atoms with E-state index in [4.69, 9.17) is 4.42 Å². The van der Waals surface area contributed by atoms with Crippen molar-refractivity contribution in [3.63, 3.8) is 0 Å². The van der Waals surface area contributed by atoms with Gasteiger partial charge < -0.3 is 14.6 Å². The first-order chi connectivity index (χ1) is 16.3. The summed E-state index contributed by atoms with van der Waals surface area (Å²) in [5, 5.41) is 23.3. The number of nitrogens with one attached hydrogen (secondary N) is 1. The molecule has 1 aliphatic rings. The Balaban J connectivity index is 1.49. The van der Waals surface area contributed by atoms with Crippen molar-refractivity contribution >= 4 is 35.0 Å². The minimum Gasteiger partial charge on any atom is -0.467 e. The van der Waals surface area contributed by atoms with Gasteiger partial charge >= 0.3 is 0 Å². The predicted octanol–water partition coefficient (Wildman–Crippen LogP) is 4.35. The van der Waals surface area contributed by atoms with Crippen molar-refractivity contribution in [2.45, 2.75) is 38.9 Å². The van der Waals surface area contributed by atoms with E-state index in [1.807, 2.05) is 16.7 Å². The van der Waals surface area contributed by atoms with E-state index in [2.05, 4.69) is 34.3 Å². The molecule has 1 fully saturated rings. The highest BCUT2D eigenvalue weighted by Crippen LogP contribution is 2.29. The molecule has 0 saturated carbocycles. The second kappa shape index (κ2) is 10.3. The van der Waals surface area contributed by atoms with Crippen LogP contribution in [-0.2, 0) is 11.3 Å². The molecule has 10 nitrogen and oxygen atoms in total.